The number of benzene rings is 1. The number of aryl methyl sites for hydroxylation is 2. The zero-order valence-corrected chi connectivity index (χ0v) is 20.4. The molecule has 3 aromatic heterocycles. The number of rotatable bonds is 6. The number of anilines is 1. The summed E-state index contributed by atoms with van der Waals surface area (Å²) in [5, 5.41) is 10.7. The topological polar surface area (TPSA) is 122 Å². The van der Waals surface area contributed by atoms with Crippen molar-refractivity contribution in [2.45, 2.75) is 47.2 Å². The minimum Gasteiger partial charge on any atom is -0.348 e. The molecule has 4 aromatic rings. The molecule has 1 aromatic carbocycles. The highest BCUT2D eigenvalue weighted by Crippen LogP contribution is 2.28. The molecule has 0 atom stereocenters. The van der Waals surface area contributed by atoms with Gasteiger partial charge in [0.25, 0.3) is 11.5 Å². The third-order valence-electron chi connectivity index (χ3n) is 5.70. The fourth-order valence-electron chi connectivity index (χ4n) is 4.06. The van der Waals surface area contributed by atoms with Crippen molar-refractivity contribution in [2.75, 3.05) is 5.32 Å². The summed E-state index contributed by atoms with van der Waals surface area (Å²) in [5.74, 6) is -0.510. The van der Waals surface area contributed by atoms with Crippen molar-refractivity contribution < 1.29 is 9.59 Å². The fraction of sp³-hybridized carbons (Fsp3) is 0.269. The Morgan fingerprint density at radius 2 is 1.91 bits per heavy atom. The largest absolute Gasteiger partial charge is 0.348 e. The van der Waals surface area contributed by atoms with E-state index in [2.05, 4.69) is 20.7 Å². The zero-order valence-electron chi connectivity index (χ0n) is 20.4. The highest BCUT2D eigenvalue weighted by molar-refractivity contribution is 6.06. The molecule has 35 heavy (non-hydrogen) atoms. The predicted octanol–water partition coefficient (Wildman–Crippen LogP) is 3.87. The Bertz CT molecular complexity index is 1500. The van der Waals surface area contributed by atoms with Crippen LogP contribution in [0.2, 0.25) is 0 Å². The van der Waals surface area contributed by atoms with Crippen molar-refractivity contribution in [1.82, 2.24) is 25.1 Å². The number of carbonyl (C=O) groups is 2. The van der Waals surface area contributed by atoms with Gasteiger partial charge in [-0.3, -0.25) is 14.4 Å². The van der Waals surface area contributed by atoms with E-state index in [4.69, 9.17) is 4.98 Å². The van der Waals surface area contributed by atoms with Crippen LogP contribution in [0, 0.1) is 13.8 Å². The van der Waals surface area contributed by atoms with Crippen LogP contribution < -0.4 is 16.2 Å². The summed E-state index contributed by atoms with van der Waals surface area (Å²) in [5.41, 5.74) is 4.81. The van der Waals surface area contributed by atoms with E-state index in [0.717, 1.165) is 16.8 Å². The molecule has 0 bridgehead atoms. The molecule has 4 rings (SSSR count). The van der Waals surface area contributed by atoms with Crippen molar-refractivity contribution in [3.05, 3.63) is 75.3 Å². The Labute approximate surface area is 202 Å². The highest BCUT2D eigenvalue weighted by Gasteiger charge is 2.19. The molecule has 0 saturated heterocycles. The molecule has 9 nitrogen and oxygen atoms in total. The number of hydrogen-bond donors (Lipinski definition) is 3. The number of amides is 2. The number of hydrogen-bond acceptors (Lipinski definition) is 5. The standard InChI is InChI=1S/C26H28N6O3/c1-14(2)32-24-22(13-28-32)20(25(34)27-12-21-15(3)9-16(4)29-26(21)35)11-23(31-24)18-7-6-8-19(10-18)30-17(5)33/h6-11,13-14H,12H2,1-5H3,(H,27,34)(H,29,35)(H,30,33). The number of H-pyrrole nitrogens is 1. The Kier molecular flexibility index (Phi) is 6.50. The van der Waals surface area contributed by atoms with Crippen LogP contribution in [0.5, 0.6) is 0 Å². The van der Waals surface area contributed by atoms with Gasteiger partial charge >= 0.3 is 0 Å². The second-order valence-electron chi connectivity index (χ2n) is 8.86. The van der Waals surface area contributed by atoms with Crippen LogP contribution in [0.25, 0.3) is 22.3 Å². The minimum absolute atomic E-state index is 0.0330. The van der Waals surface area contributed by atoms with Crippen LogP contribution in [0.15, 0.2) is 47.4 Å². The minimum atomic E-state index is -0.334. The van der Waals surface area contributed by atoms with Crippen LogP contribution in [0.1, 0.15) is 54.0 Å². The first-order valence-electron chi connectivity index (χ1n) is 11.4. The molecular formula is C26H28N6O3. The third-order valence-corrected chi connectivity index (χ3v) is 5.70. The van der Waals surface area contributed by atoms with Crippen LogP contribution in [-0.2, 0) is 11.3 Å². The Hall–Kier alpha value is -4.27. The normalized spacial score (nSPS) is 11.1. The molecule has 180 valence electrons. The van der Waals surface area contributed by atoms with Crippen LogP contribution in [-0.4, -0.2) is 31.6 Å². The summed E-state index contributed by atoms with van der Waals surface area (Å²) in [7, 11) is 0. The predicted molar refractivity (Wildman–Crippen MR) is 135 cm³/mol. The van der Waals surface area contributed by atoms with Gasteiger partial charge in [0.1, 0.15) is 0 Å². The van der Waals surface area contributed by atoms with Crippen molar-refractivity contribution >= 4 is 28.5 Å². The zero-order chi connectivity index (χ0) is 25.3. The number of pyridine rings is 2. The van der Waals surface area contributed by atoms with E-state index in [9.17, 15) is 14.4 Å². The molecule has 0 aliphatic carbocycles. The second kappa shape index (κ2) is 9.54. The van der Waals surface area contributed by atoms with E-state index >= 15 is 0 Å². The van der Waals surface area contributed by atoms with Crippen LogP contribution >= 0.6 is 0 Å². The van der Waals surface area contributed by atoms with Gasteiger partial charge in [-0.25, -0.2) is 9.67 Å². The van der Waals surface area contributed by atoms with E-state index < -0.39 is 0 Å². The molecule has 2 amide bonds. The first-order chi connectivity index (χ1) is 16.6. The second-order valence-corrected chi connectivity index (χ2v) is 8.86. The lowest BCUT2D eigenvalue weighted by atomic mass is 10.1. The lowest BCUT2D eigenvalue weighted by molar-refractivity contribution is -0.114. The van der Waals surface area contributed by atoms with Crippen molar-refractivity contribution in [3.8, 4) is 11.3 Å². The van der Waals surface area contributed by atoms with Gasteiger partial charge in [0.2, 0.25) is 5.91 Å². The number of fused-ring (bicyclic) bond motifs is 1. The molecule has 0 fully saturated rings. The molecule has 0 radical (unpaired) electrons. The van der Waals surface area contributed by atoms with Crippen molar-refractivity contribution in [2.24, 2.45) is 0 Å². The molecule has 0 aliphatic heterocycles. The Morgan fingerprint density at radius 3 is 2.60 bits per heavy atom. The average Bonchev–Trinajstić information content (AvgIpc) is 3.21. The van der Waals surface area contributed by atoms with Gasteiger partial charge in [-0.2, -0.15) is 5.10 Å². The average molecular weight is 473 g/mol. The van der Waals surface area contributed by atoms with Gasteiger partial charge in [-0.1, -0.05) is 12.1 Å². The van der Waals surface area contributed by atoms with Gasteiger partial charge in [0.15, 0.2) is 5.65 Å². The highest BCUT2D eigenvalue weighted by atomic mass is 16.2. The molecular weight excluding hydrogens is 444 g/mol. The number of aromatic nitrogens is 4. The first-order valence-corrected chi connectivity index (χ1v) is 11.4. The summed E-state index contributed by atoms with van der Waals surface area (Å²) in [6, 6.07) is 10.9. The Morgan fingerprint density at radius 1 is 1.14 bits per heavy atom. The number of carbonyl (C=O) groups excluding carboxylic acids is 2. The number of aromatic amines is 1. The maximum atomic E-state index is 13.4. The monoisotopic (exact) mass is 472 g/mol. The smallest absolute Gasteiger partial charge is 0.253 e. The molecule has 3 heterocycles. The SMILES string of the molecule is CC(=O)Nc1cccc(-c2cc(C(=O)NCc3c(C)cc(C)[nH]c3=O)c3cnn(C(C)C)c3n2)c1. The molecule has 3 N–H and O–H groups in total. The van der Waals surface area contributed by atoms with E-state index in [1.807, 2.05) is 52.0 Å². The van der Waals surface area contributed by atoms with E-state index in [0.29, 0.717) is 33.5 Å². The maximum absolute atomic E-state index is 13.4. The molecule has 0 saturated carbocycles. The summed E-state index contributed by atoms with van der Waals surface area (Å²) in [6.45, 7) is 9.19. The molecule has 0 unspecified atom stereocenters. The van der Waals surface area contributed by atoms with E-state index in [-0.39, 0.29) is 30.0 Å². The third kappa shape index (κ3) is 4.98. The van der Waals surface area contributed by atoms with Crippen molar-refractivity contribution in [3.63, 3.8) is 0 Å². The lowest BCUT2D eigenvalue weighted by Crippen LogP contribution is -2.28. The van der Waals surface area contributed by atoms with Gasteiger partial charge in [-0.05, 0) is 57.5 Å². The molecule has 0 aliphatic rings. The maximum Gasteiger partial charge on any atom is 0.253 e. The summed E-state index contributed by atoms with van der Waals surface area (Å²) in [4.78, 5) is 44.8. The summed E-state index contributed by atoms with van der Waals surface area (Å²) in [6.07, 6.45) is 1.64. The van der Waals surface area contributed by atoms with Gasteiger partial charge in [0.05, 0.1) is 22.8 Å². The number of nitrogens with one attached hydrogen (secondary N) is 3. The molecule has 9 heteroatoms. The van der Waals surface area contributed by atoms with Gasteiger partial charge in [-0.15, -0.1) is 0 Å². The van der Waals surface area contributed by atoms with E-state index in [1.54, 1.807) is 23.0 Å². The Balaban J connectivity index is 1.76. The summed E-state index contributed by atoms with van der Waals surface area (Å²) >= 11 is 0. The summed E-state index contributed by atoms with van der Waals surface area (Å²) < 4.78 is 1.77. The number of nitrogens with zero attached hydrogens (tertiary/aromatic N) is 3. The van der Waals surface area contributed by atoms with Gasteiger partial charge in [0, 0.05) is 42.0 Å². The molecule has 0 spiro atoms. The quantitative estimate of drug-likeness (QED) is 0.393. The first kappa shape index (κ1) is 23.9. The van der Waals surface area contributed by atoms with Gasteiger partial charge < -0.3 is 15.6 Å². The van der Waals surface area contributed by atoms with Crippen molar-refractivity contribution in [1.29, 1.82) is 0 Å². The van der Waals surface area contributed by atoms with Crippen LogP contribution in [0.4, 0.5) is 5.69 Å². The lowest BCUT2D eigenvalue weighted by Gasteiger charge is -2.12. The van der Waals surface area contributed by atoms with E-state index in [1.165, 1.54) is 6.92 Å². The fourth-order valence-corrected chi connectivity index (χ4v) is 4.06. The van der Waals surface area contributed by atoms with Crippen LogP contribution in [0.3, 0.4) is 0 Å².